The number of carboxylic acid groups (broad SMARTS) is 1. The summed E-state index contributed by atoms with van der Waals surface area (Å²) in [5.74, 6) is -2.46. The molecule has 0 fully saturated rings. The summed E-state index contributed by atoms with van der Waals surface area (Å²) in [7, 11) is 0. The van der Waals surface area contributed by atoms with Gasteiger partial charge in [-0.25, -0.2) is 9.18 Å². The molecule has 1 aromatic heterocycles. The van der Waals surface area contributed by atoms with Crippen LogP contribution < -0.4 is 5.32 Å². The second kappa shape index (κ2) is 4.26. The Morgan fingerprint density at radius 1 is 1.50 bits per heavy atom. The highest BCUT2D eigenvalue weighted by Crippen LogP contribution is 2.20. The van der Waals surface area contributed by atoms with Gasteiger partial charge in [0.15, 0.2) is 5.54 Å². The fraction of sp³-hybridized carbons (Fsp3) is 0.300. The highest BCUT2D eigenvalue weighted by atomic mass is 19.1. The molecule has 0 aliphatic carbocycles. The monoisotopic (exact) mass is 226 g/mol. The maximum atomic E-state index is 12.9. The van der Waals surface area contributed by atoms with Gasteiger partial charge < -0.3 is 10.4 Å². The number of hydrogen-bond acceptors (Lipinski definition) is 3. The van der Waals surface area contributed by atoms with Crippen molar-refractivity contribution in [3.8, 4) is 0 Å². The lowest BCUT2D eigenvalue weighted by atomic mass is 9.93. The van der Waals surface area contributed by atoms with Gasteiger partial charge in [-0.05, 0) is 13.0 Å². The average molecular weight is 226 g/mol. The number of nitrogens with one attached hydrogen (secondary N) is 1. The molecule has 0 bridgehead atoms. The van der Waals surface area contributed by atoms with Crippen LogP contribution in [0, 0.1) is 5.82 Å². The minimum absolute atomic E-state index is 0.0789. The van der Waals surface area contributed by atoms with Crippen molar-refractivity contribution in [3.05, 3.63) is 29.8 Å². The van der Waals surface area contributed by atoms with Crippen molar-refractivity contribution in [3.63, 3.8) is 0 Å². The van der Waals surface area contributed by atoms with Gasteiger partial charge in [0.2, 0.25) is 5.91 Å². The van der Waals surface area contributed by atoms with Crippen LogP contribution in [0.4, 0.5) is 4.39 Å². The molecule has 1 rings (SSSR count). The van der Waals surface area contributed by atoms with Gasteiger partial charge in [-0.3, -0.25) is 9.78 Å². The first kappa shape index (κ1) is 12.1. The molecule has 16 heavy (non-hydrogen) atoms. The zero-order chi connectivity index (χ0) is 12.3. The number of amides is 1. The van der Waals surface area contributed by atoms with Gasteiger partial charge in [0.25, 0.3) is 0 Å². The lowest BCUT2D eigenvalue weighted by molar-refractivity contribution is -0.147. The molecule has 0 radical (unpaired) electrons. The number of halogens is 1. The van der Waals surface area contributed by atoms with Crippen molar-refractivity contribution >= 4 is 11.9 Å². The van der Waals surface area contributed by atoms with E-state index in [1.165, 1.54) is 20.0 Å². The van der Waals surface area contributed by atoms with E-state index in [-0.39, 0.29) is 5.56 Å². The molecule has 1 aromatic rings. The molecule has 0 aliphatic heterocycles. The number of carbonyl (C=O) groups excluding carboxylic acids is 1. The molecule has 86 valence electrons. The molecular formula is C10H11FN2O3. The Labute approximate surface area is 91.3 Å². The van der Waals surface area contributed by atoms with Gasteiger partial charge in [0.1, 0.15) is 5.82 Å². The van der Waals surface area contributed by atoms with Crippen molar-refractivity contribution in [2.24, 2.45) is 0 Å². The zero-order valence-electron chi connectivity index (χ0n) is 8.82. The number of aliphatic carboxylic acids is 1. The van der Waals surface area contributed by atoms with Gasteiger partial charge >= 0.3 is 5.97 Å². The smallest absolute Gasteiger partial charge is 0.333 e. The topological polar surface area (TPSA) is 79.3 Å². The lowest BCUT2D eigenvalue weighted by Gasteiger charge is -2.25. The molecule has 1 heterocycles. The number of carboxylic acids is 1. The van der Waals surface area contributed by atoms with E-state index in [1.54, 1.807) is 0 Å². The number of rotatable bonds is 3. The zero-order valence-corrected chi connectivity index (χ0v) is 8.82. The molecule has 0 aliphatic rings. The van der Waals surface area contributed by atoms with E-state index in [4.69, 9.17) is 5.11 Å². The van der Waals surface area contributed by atoms with Crippen LogP contribution in [0.3, 0.4) is 0 Å². The summed E-state index contributed by atoms with van der Waals surface area (Å²) in [6.45, 7) is 2.46. The van der Waals surface area contributed by atoms with Crippen molar-refractivity contribution in [2.75, 3.05) is 0 Å². The third-order valence-electron chi connectivity index (χ3n) is 2.14. The highest BCUT2D eigenvalue weighted by Gasteiger charge is 2.36. The van der Waals surface area contributed by atoms with Crippen molar-refractivity contribution in [1.29, 1.82) is 0 Å². The molecular weight excluding hydrogens is 215 g/mol. The fourth-order valence-corrected chi connectivity index (χ4v) is 1.29. The molecule has 0 saturated heterocycles. The Kier molecular flexibility index (Phi) is 3.22. The molecule has 1 amide bonds. The number of hydrogen-bond donors (Lipinski definition) is 2. The first-order chi connectivity index (χ1) is 7.36. The second-order valence-corrected chi connectivity index (χ2v) is 3.50. The summed E-state index contributed by atoms with van der Waals surface area (Å²) in [4.78, 5) is 25.6. The lowest BCUT2D eigenvalue weighted by Crippen LogP contribution is -2.48. The number of nitrogens with zero attached hydrogens (tertiary/aromatic N) is 1. The maximum Gasteiger partial charge on any atom is 0.333 e. The predicted octanol–water partition coefficient (Wildman–Crippen LogP) is 0.657. The van der Waals surface area contributed by atoms with E-state index < -0.39 is 23.2 Å². The van der Waals surface area contributed by atoms with E-state index in [2.05, 4.69) is 10.3 Å². The number of pyridine rings is 1. The molecule has 1 atom stereocenters. The van der Waals surface area contributed by atoms with Gasteiger partial charge in [0, 0.05) is 18.7 Å². The summed E-state index contributed by atoms with van der Waals surface area (Å²) in [5, 5.41) is 11.3. The van der Waals surface area contributed by atoms with Crippen LogP contribution in [0.2, 0.25) is 0 Å². The Bertz CT molecular complexity index is 436. The van der Waals surface area contributed by atoms with E-state index in [0.717, 1.165) is 12.3 Å². The van der Waals surface area contributed by atoms with Gasteiger partial charge in [-0.1, -0.05) is 0 Å². The number of aromatic nitrogens is 1. The predicted molar refractivity (Wildman–Crippen MR) is 53.0 cm³/mol. The standard InChI is InChI=1S/C10H11FN2O3/c1-6(14)13-10(2,9(15)16)7-3-8(11)5-12-4-7/h3-5H,1-2H3,(H,13,14)(H,15,16). The molecule has 5 nitrogen and oxygen atoms in total. The Morgan fingerprint density at radius 2 is 2.12 bits per heavy atom. The van der Waals surface area contributed by atoms with Crippen LogP contribution in [0.15, 0.2) is 18.5 Å². The highest BCUT2D eigenvalue weighted by molar-refractivity contribution is 5.86. The van der Waals surface area contributed by atoms with E-state index in [9.17, 15) is 14.0 Å². The molecule has 1 unspecified atom stereocenters. The summed E-state index contributed by atoms with van der Waals surface area (Å²) in [6, 6.07) is 1.02. The molecule has 2 N–H and O–H groups in total. The van der Waals surface area contributed by atoms with Crippen molar-refractivity contribution < 1.29 is 19.1 Å². The minimum atomic E-state index is -1.68. The Balaban J connectivity index is 3.21. The summed E-state index contributed by atoms with van der Waals surface area (Å²) >= 11 is 0. The van der Waals surface area contributed by atoms with Crippen molar-refractivity contribution in [1.82, 2.24) is 10.3 Å². The SMILES string of the molecule is CC(=O)NC(C)(C(=O)O)c1cncc(F)c1. The number of carbonyl (C=O) groups is 2. The Hall–Kier alpha value is -1.98. The van der Waals surface area contributed by atoms with Crippen LogP contribution in [0.1, 0.15) is 19.4 Å². The second-order valence-electron chi connectivity index (χ2n) is 3.50. The van der Waals surface area contributed by atoms with Crippen LogP contribution >= 0.6 is 0 Å². The molecule has 0 saturated carbocycles. The third-order valence-corrected chi connectivity index (χ3v) is 2.14. The van der Waals surface area contributed by atoms with E-state index in [0.29, 0.717) is 0 Å². The third kappa shape index (κ3) is 2.33. The molecule has 0 aromatic carbocycles. The minimum Gasteiger partial charge on any atom is -0.479 e. The first-order valence-corrected chi connectivity index (χ1v) is 4.49. The van der Waals surface area contributed by atoms with Gasteiger partial charge in [-0.15, -0.1) is 0 Å². The Morgan fingerprint density at radius 3 is 2.56 bits per heavy atom. The molecule has 0 spiro atoms. The fourth-order valence-electron chi connectivity index (χ4n) is 1.29. The van der Waals surface area contributed by atoms with Crippen LogP contribution in [0.25, 0.3) is 0 Å². The largest absolute Gasteiger partial charge is 0.479 e. The summed E-state index contributed by atoms with van der Waals surface area (Å²) < 4.78 is 12.9. The van der Waals surface area contributed by atoms with Crippen LogP contribution in [0.5, 0.6) is 0 Å². The average Bonchev–Trinajstić information content (AvgIpc) is 2.16. The van der Waals surface area contributed by atoms with Crippen molar-refractivity contribution in [2.45, 2.75) is 19.4 Å². The van der Waals surface area contributed by atoms with Gasteiger partial charge in [-0.2, -0.15) is 0 Å². The van der Waals surface area contributed by atoms with E-state index in [1.807, 2.05) is 0 Å². The van der Waals surface area contributed by atoms with Gasteiger partial charge in [0.05, 0.1) is 6.20 Å². The van der Waals surface area contributed by atoms with Crippen LogP contribution in [-0.4, -0.2) is 22.0 Å². The molecule has 6 heteroatoms. The quantitative estimate of drug-likeness (QED) is 0.793. The first-order valence-electron chi connectivity index (χ1n) is 4.49. The van der Waals surface area contributed by atoms with E-state index >= 15 is 0 Å². The maximum absolute atomic E-state index is 12.9. The normalized spacial score (nSPS) is 13.9. The summed E-state index contributed by atoms with van der Waals surface area (Å²) in [6.07, 6.45) is 2.16. The van der Waals surface area contributed by atoms with Crippen LogP contribution in [-0.2, 0) is 15.1 Å². The summed E-state index contributed by atoms with van der Waals surface area (Å²) in [5.41, 5.74) is -1.60.